The smallest absolute Gasteiger partial charge is 0.230 e. The monoisotopic (exact) mass is 330 g/mol. The molecule has 1 rings (SSSR count). The molecule has 0 aliphatic rings. The van der Waals surface area contributed by atoms with E-state index in [1.807, 2.05) is 6.07 Å². The van der Waals surface area contributed by atoms with Gasteiger partial charge < -0.3 is 5.32 Å². The van der Waals surface area contributed by atoms with Crippen molar-refractivity contribution in [3.8, 4) is 6.07 Å². The number of carbonyl (C=O) groups is 1. The summed E-state index contributed by atoms with van der Waals surface area (Å²) in [6.45, 7) is 0.504. The lowest BCUT2D eigenvalue weighted by molar-refractivity contribution is -0.118. The van der Waals surface area contributed by atoms with Crippen LogP contribution < -0.4 is 5.32 Å². The second kappa shape index (κ2) is 8.11. The van der Waals surface area contributed by atoms with Crippen molar-refractivity contribution in [3.05, 3.63) is 34.1 Å². The number of amides is 1. The molecule has 0 heterocycles. The Morgan fingerprint density at radius 3 is 3.00 bits per heavy atom. The lowest BCUT2D eigenvalue weighted by Crippen LogP contribution is -2.27. The minimum Gasteiger partial charge on any atom is -0.355 e. The van der Waals surface area contributed by atoms with Crippen molar-refractivity contribution in [1.29, 1.82) is 5.26 Å². The van der Waals surface area contributed by atoms with Crippen LogP contribution in [0.15, 0.2) is 22.7 Å². The summed E-state index contributed by atoms with van der Waals surface area (Å²) in [5, 5.41) is 11.1. The minimum absolute atomic E-state index is 0.0866. The number of hydrogen-bond acceptors (Lipinski definition) is 3. The van der Waals surface area contributed by atoms with E-state index in [0.717, 1.165) is 5.56 Å². The Bertz CT molecular complexity index is 462. The zero-order valence-corrected chi connectivity index (χ0v) is 12.0. The van der Waals surface area contributed by atoms with Crippen LogP contribution in [0.5, 0.6) is 0 Å². The number of hydrogen-bond donors (Lipinski definition) is 1. The molecule has 0 saturated carbocycles. The second-order valence-corrected chi connectivity index (χ2v) is 5.34. The Hall–Kier alpha value is -1.06. The van der Waals surface area contributed by atoms with E-state index in [9.17, 15) is 9.18 Å². The summed E-state index contributed by atoms with van der Waals surface area (Å²) >= 11 is 4.39. The van der Waals surface area contributed by atoms with Gasteiger partial charge in [-0.1, -0.05) is 6.07 Å². The van der Waals surface area contributed by atoms with E-state index in [0.29, 0.717) is 28.9 Å². The average Bonchev–Trinajstić information content (AvgIpc) is 2.34. The van der Waals surface area contributed by atoms with Crippen LogP contribution in [0.25, 0.3) is 0 Å². The third kappa shape index (κ3) is 5.52. The topological polar surface area (TPSA) is 52.9 Å². The summed E-state index contributed by atoms with van der Waals surface area (Å²) in [7, 11) is 0. The van der Waals surface area contributed by atoms with Crippen LogP contribution in [0, 0.1) is 17.1 Å². The predicted octanol–water partition coefficient (Wildman–Crippen LogP) is 2.50. The standard InChI is InChI=1S/C12H12BrFN2OS/c13-10-7-9(1-2-11(10)14)3-5-16-12(17)8-18-6-4-15/h1-2,7H,3,5-6,8H2,(H,16,17). The maximum Gasteiger partial charge on any atom is 0.230 e. The minimum atomic E-state index is -0.296. The average molecular weight is 331 g/mol. The SMILES string of the molecule is N#CCSCC(=O)NCCc1ccc(F)c(Br)c1. The van der Waals surface area contributed by atoms with Gasteiger partial charge in [0.05, 0.1) is 22.0 Å². The van der Waals surface area contributed by atoms with Gasteiger partial charge >= 0.3 is 0 Å². The maximum atomic E-state index is 13.0. The Morgan fingerprint density at radius 2 is 2.33 bits per heavy atom. The molecular formula is C12H12BrFN2OS. The molecule has 0 radical (unpaired) electrons. The summed E-state index contributed by atoms with van der Waals surface area (Å²) in [6, 6.07) is 6.74. The summed E-state index contributed by atoms with van der Waals surface area (Å²) in [4.78, 5) is 11.3. The fraction of sp³-hybridized carbons (Fsp3) is 0.333. The van der Waals surface area contributed by atoms with Gasteiger partial charge in [0.2, 0.25) is 5.91 Å². The van der Waals surface area contributed by atoms with Crippen molar-refractivity contribution in [1.82, 2.24) is 5.32 Å². The molecule has 0 spiro atoms. The van der Waals surface area contributed by atoms with Crippen molar-refractivity contribution >= 4 is 33.6 Å². The molecule has 3 nitrogen and oxygen atoms in total. The Morgan fingerprint density at radius 1 is 1.56 bits per heavy atom. The first kappa shape index (κ1) is 15.0. The number of rotatable bonds is 6. The summed E-state index contributed by atoms with van der Waals surface area (Å²) < 4.78 is 13.4. The van der Waals surface area contributed by atoms with Crippen LogP contribution in [0.3, 0.4) is 0 Å². The van der Waals surface area contributed by atoms with Crippen molar-refractivity contribution in [2.45, 2.75) is 6.42 Å². The molecule has 0 aromatic heterocycles. The van der Waals surface area contributed by atoms with Crippen molar-refractivity contribution in [2.24, 2.45) is 0 Å². The van der Waals surface area contributed by atoms with Gasteiger partial charge in [-0.2, -0.15) is 5.26 Å². The van der Waals surface area contributed by atoms with Crippen molar-refractivity contribution in [3.63, 3.8) is 0 Å². The number of carbonyl (C=O) groups excluding carboxylic acids is 1. The Balaban J connectivity index is 2.27. The summed E-state index contributed by atoms with van der Waals surface area (Å²) in [5.41, 5.74) is 0.952. The first-order chi connectivity index (χ1) is 8.63. The number of nitrogens with one attached hydrogen (secondary N) is 1. The van der Waals surface area contributed by atoms with Crippen molar-refractivity contribution in [2.75, 3.05) is 18.1 Å². The maximum absolute atomic E-state index is 13.0. The van der Waals surface area contributed by atoms with E-state index in [4.69, 9.17) is 5.26 Å². The second-order valence-electron chi connectivity index (χ2n) is 3.50. The van der Waals surface area contributed by atoms with Crippen LogP contribution in [-0.2, 0) is 11.2 Å². The highest BCUT2D eigenvalue weighted by atomic mass is 79.9. The largest absolute Gasteiger partial charge is 0.355 e. The lowest BCUT2D eigenvalue weighted by atomic mass is 10.1. The lowest BCUT2D eigenvalue weighted by Gasteiger charge is -2.05. The molecule has 0 saturated heterocycles. The zero-order chi connectivity index (χ0) is 13.4. The number of nitrogens with zero attached hydrogens (tertiary/aromatic N) is 1. The van der Waals surface area contributed by atoms with Gasteiger partial charge in [0.25, 0.3) is 0 Å². The quantitative estimate of drug-likeness (QED) is 0.815. The third-order valence-electron chi connectivity index (χ3n) is 2.12. The van der Waals surface area contributed by atoms with E-state index in [1.165, 1.54) is 17.8 Å². The first-order valence-corrected chi connectivity index (χ1v) is 7.23. The molecule has 1 N–H and O–H groups in total. The highest BCUT2D eigenvalue weighted by Gasteiger charge is 2.03. The number of thioether (sulfide) groups is 1. The van der Waals surface area contributed by atoms with E-state index in [2.05, 4.69) is 21.2 Å². The van der Waals surface area contributed by atoms with Gasteiger partial charge in [0.1, 0.15) is 5.82 Å². The summed E-state index contributed by atoms with van der Waals surface area (Å²) in [6.07, 6.45) is 0.646. The van der Waals surface area contributed by atoms with Gasteiger partial charge in [0.15, 0.2) is 0 Å². The highest BCUT2D eigenvalue weighted by Crippen LogP contribution is 2.16. The molecule has 96 valence electrons. The molecule has 6 heteroatoms. The number of halogens is 2. The Kier molecular flexibility index (Phi) is 6.76. The van der Waals surface area contributed by atoms with Crippen LogP contribution in [0.2, 0.25) is 0 Å². The molecule has 1 aromatic carbocycles. The van der Waals surface area contributed by atoms with E-state index < -0.39 is 0 Å². The third-order valence-corrected chi connectivity index (χ3v) is 3.53. The van der Waals surface area contributed by atoms with Crippen LogP contribution >= 0.6 is 27.7 Å². The first-order valence-electron chi connectivity index (χ1n) is 5.29. The van der Waals surface area contributed by atoms with Crippen LogP contribution in [-0.4, -0.2) is 24.0 Å². The Labute approximate surface area is 118 Å². The molecule has 0 unspecified atom stereocenters. The van der Waals surface area contributed by atoms with Crippen LogP contribution in [0.1, 0.15) is 5.56 Å². The normalized spacial score (nSPS) is 9.83. The van der Waals surface area contributed by atoms with Crippen LogP contribution in [0.4, 0.5) is 4.39 Å². The van der Waals surface area contributed by atoms with E-state index in [-0.39, 0.29) is 11.7 Å². The highest BCUT2D eigenvalue weighted by molar-refractivity contribution is 9.10. The fourth-order valence-electron chi connectivity index (χ4n) is 1.28. The van der Waals surface area contributed by atoms with Gasteiger partial charge in [-0.3, -0.25) is 4.79 Å². The molecule has 0 atom stereocenters. The fourth-order valence-corrected chi connectivity index (χ4v) is 2.19. The van der Waals surface area contributed by atoms with Gasteiger partial charge in [0, 0.05) is 6.54 Å². The number of nitriles is 1. The van der Waals surface area contributed by atoms with Gasteiger partial charge in [-0.25, -0.2) is 4.39 Å². The molecule has 1 amide bonds. The zero-order valence-electron chi connectivity index (χ0n) is 9.58. The molecule has 0 bridgehead atoms. The molecular weight excluding hydrogens is 319 g/mol. The van der Waals surface area contributed by atoms with Gasteiger partial charge in [-0.15, -0.1) is 11.8 Å². The van der Waals surface area contributed by atoms with E-state index >= 15 is 0 Å². The molecule has 18 heavy (non-hydrogen) atoms. The van der Waals surface area contributed by atoms with Gasteiger partial charge in [-0.05, 0) is 40.0 Å². The predicted molar refractivity (Wildman–Crippen MR) is 73.8 cm³/mol. The summed E-state index contributed by atoms with van der Waals surface area (Å²) in [5.74, 6) is 0.228. The molecule has 1 aromatic rings. The number of benzene rings is 1. The van der Waals surface area contributed by atoms with E-state index in [1.54, 1.807) is 12.1 Å². The molecule has 0 aliphatic carbocycles. The molecule has 0 fully saturated rings. The van der Waals surface area contributed by atoms with Crippen molar-refractivity contribution < 1.29 is 9.18 Å². The molecule has 0 aliphatic heterocycles.